The third-order valence-corrected chi connectivity index (χ3v) is 7.88. The molecule has 0 bridgehead atoms. The number of nitrogens with zero attached hydrogens (tertiary/aromatic N) is 3. The molecule has 2 fully saturated rings. The number of halogens is 1. The zero-order valence-electron chi connectivity index (χ0n) is 18.0. The summed E-state index contributed by atoms with van der Waals surface area (Å²) in [4.78, 5) is 17.0. The van der Waals surface area contributed by atoms with Gasteiger partial charge in [-0.25, -0.2) is 13.2 Å². The highest BCUT2D eigenvalue weighted by Gasteiger charge is 2.48. The number of benzene rings is 2. The minimum Gasteiger partial charge on any atom is -0.497 e. The van der Waals surface area contributed by atoms with Gasteiger partial charge in [-0.05, 0) is 48.9 Å². The Morgan fingerprint density at radius 1 is 1.06 bits per heavy atom. The number of morpholine rings is 1. The molecule has 0 N–H and O–H groups in total. The SMILES string of the molecule is COc1ccc(C2N(C(=O)N3CCOCC3)C(C)CN2S(=O)(=O)c2ccc(Cl)cc2)cc1. The van der Waals surface area contributed by atoms with Crippen molar-refractivity contribution in [2.24, 2.45) is 0 Å². The van der Waals surface area contributed by atoms with E-state index in [4.69, 9.17) is 21.1 Å². The van der Waals surface area contributed by atoms with Crippen molar-refractivity contribution in [2.75, 3.05) is 40.0 Å². The second-order valence-corrected chi connectivity index (χ2v) is 10.1. The van der Waals surface area contributed by atoms with Crippen LogP contribution in [0, 0.1) is 0 Å². The van der Waals surface area contributed by atoms with Crippen molar-refractivity contribution in [3.63, 3.8) is 0 Å². The van der Waals surface area contributed by atoms with Crippen LogP contribution in [0.25, 0.3) is 0 Å². The molecule has 10 heteroatoms. The molecule has 2 aliphatic rings. The first-order chi connectivity index (χ1) is 15.3. The Hall–Kier alpha value is -2.33. The van der Waals surface area contributed by atoms with Crippen molar-refractivity contribution in [1.29, 1.82) is 0 Å². The molecule has 2 aromatic rings. The molecular weight excluding hydrogens is 454 g/mol. The van der Waals surface area contributed by atoms with Crippen molar-refractivity contribution >= 4 is 27.7 Å². The number of amides is 2. The Labute approximate surface area is 193 Å². The van der Waals surface area contributed by atoms with Crippen LogP contribution >= 0.6 is 11.6 Å². The van der Waals surface area contributed by atoms with Gasteiger partial charge < -0.3 is 14.4 Å². The van der Waals surface area contributed by atoms with Crippen LogP contribution in [0.2, 0.25) is 5.02 Å². The first-order valence-electron chi connectivity index (χ1n) is 10.4. The van der Waals surface area contributed by atoms with Crippen LogP contribution in [0.4, 0.5) is 4.79 Å². The number of ether oxygens (including phenoxy) is 2. The Kier molecular flexibility index (Phi) is 6.62. The van der Waals surface area contributed by atoms with Gasteiger partial charge in [0, 0.05) is 30.7 Å². The second kappa shape index (κ2) is 9.27. The third kappa shape index (κ3) is 4.30. The molecule has 0 aliphatic carbocycles. The van der Waals surface area contributed by atoms with Gasteiger partial charge in [-0.1, -0.05) is 23.7 Å². The molecule has 2 amide bonds. The van der Waals surface area contributed by atoms with Crippen molar-refractivity contribution < 1.29 is 22.7 Å². The standard InChI is InChI=1S/C22H26ClN3O5S/c1-16-15-25(32(28,29)20-9-5-18(23)6-10-20)21(17-3-7-19(30-2)8-4-17)26(16)22(27)24-11-13-31-14-12-24/h3-10,16,21H,11-15H2,1-2H3. The van der Waals surface area contributed by atoms with Gasteiger partial charge in [-0.3, -0.25) is 4.90 Å². The van der Waals surface area contributed by atoms with Gasteiger partial charge in [-0.15, -0.1) is 0 Å². The summed E-state index contributed by atoms with van der Waals surface area (Å²) in [6, 6.07) is 12.7. The zero-order valence-corrected chi connectivity index (χ0v) is 19.6. The highest BCUT2D eigenvalue weighted by atomic mass is 35.5. The number of carbonyl (C=O) groups is 1. The van der Waals surface area contributed by atoms with E-state index in [9.17, 15) is 13.2 Å². The molecule has 2 aliphatic heterocycles. The first kappa shape index (κ1) is 22.8. The predicted molar refractivity (Wildman–Crippen MR) is 120 cm³/mol. The molecule has 0 spiro atoms. The number of methoxy groups -OCH3 is 1. The largest absolute Gasteiger partial charge is 0.497 e. The fourth-order valence-corrected chi connectivity index (χ4v) is 5.89. The molecule has 32 heavy (non-hydrogen) atoms. The lowest BCUT2D eigenvalue weighted by molar-refractivity contribution is 0.0369. The van der Waals surface area contributed by atoms with Crippen molar-refractivity contribution in [1.82, 2.24) is 14.1 Å². The van der Waals surface area contributed by atoms with Gasteiger partial charge in [0.05, 0.1) is 25.2 Å². The second-order valence-electron chi connectivity index (χ2n) is 7.81. The smallest absolute Gasteiger partial charge is 0.322 e. The Morgan fingerprint density at radius 3 is 2.28 bits per heavy atom. The first-order valence-corrected chi connectivity index (χ1v) is 12.2. The van der Waals surface area contributed by atoms with Crippen LogP contribution in [-0.2, 0) is 14.8 Å². The van der Waals surface area contributed by atoms with E-state index in [2.05, 4.69) is 0 Å². The zero-order chi connectivity index (χ0) is 22.9. The fraction of sp³-hybridized carbons (Fsp3) is 0.409. The lowest BCUT2D eigenvalue weighted by atomic mass is 10.1. The number of urea groups is 1. The Balaban J connectivity index is 1.76. The van der Waals surface area contributed by atoms with Gasteiger partial charge in [0.2, 0.25) is 10.0 Å². The quantitative estimate of drug-likeness (QED) is 0.672. The Morgan fingerprint density at radius 2 is 1.69 bits per heavy atom. The summed E-state index contributed by atoms with van der Waals surface area (Å²) in [5, 5.41) is 0.453. The maximum absolute atomic E-state index is 13.6. The van der Waals surface area contributed by atoms with Crippen LogP contribution in [-0.4, -0.2) is 74.6 Å². The average Bonchev–Trinajstić information content (AvgIpc) is 3.17. The van der Waals surface area contributed by atoms with E-state index in [0.29, 0.717) is 42.6 Å². The molecule has 2 heterocycles. The van der Waals surface area contributed by atoms with Crippen LogP contribution < -0.4 is 4.74 Å². The summed E-state index contributed by atoms with van der Waals surface area (Å²) in [6.45, 7) is 3.93. The van der Waals surface area contributed by atoms with Gasteiger partial charge in [0.25, 0.3) is 0 Å². The summed E-state index contributed by atoms with van der Waals surface area (Å²) >= 11 is 5.96. The molecule has 0 radical (unpaired) electrons. The van der Waals surface area contributed by atoms with Gasteiger partial charge in [-0.2, -0.15) is 4.31 Å². The lowest BCUT2D eigenvalue weighted by Gasteiger charge is -2.37. The molecular formula is C22H26ClN3O5S. The van der Waals surface area contributed by atoms with Gasteiger partial charge >= 0.3 is 6.03 Å². The molecule has 0 aromatic heterocycles. The minimum absolute atomic E-state index is 0.133. The number of sulfonamides is 1. The van der Waals surface area contributed by atoms with Crippen molar-refractivity contribution in [3.05, 3.63) is 59.1 Å². The number of hydrogen-bond acceptors (Lipinski definition) is 5. The molecule has 2 aromatic carbocycles. The number of hydrogen-bond donors (Lipinski definition) is 0. The predicted octanol–water partition coefficient (Wildman–Crippen LogP) is 3.19. The van der Waals surface area contributed by atoms with E-state index in [-0.39, 0.29) is 23.5 Å². The fourth-order valence-electron chi connectivity index (χ4n) is 4.11. The summed E-state index contributed by atoms with van der Waals surface area (Å²) in [5.41, 5.74) is 0.689. The minimum atomic E-state index is -3.89. The monoisotopic (exact) mass is 479 g/mol. The van der Waals surface area contributed by atoms with E-state index in [1.165, 1.54) is 16.4 Å². The Bertz CT molecular complexity index is 1060. The average molecular weight is 480 g/mol. The summed E-state index contributed by atoms with van der Waals surface area (Å²) in [5.74, 6) is 0.651. The normalized spacial score (nSPS) is 22.2. The van der Waals surface area contributed by atoms with E-state index < -0.39 is 16.2 Å². The number of rotatable bonds is 4. The molecule has 2 atom stereocenters. The lowest BCUT2D eigenvalue weighted by Crippen LogP contribution is -2.50. The van der Waals surface area contributed by atoms with Crippen molar-refractivity contribution in [3.8, 4) is 5.75 Å². The number of carbonyl (C=O) groups excluding carboxylic acids is 1. The summed E-state index contributed by atoms with van der Waals surface area (Å²) < 4.78 is 39.3. The highest BCUT2D eigenvalue weighted by molar-refractivity contribution is 7.89. The maximum Gasteiger partial charge on any atom is 0.322 e. The van der Waals surface area contributed by atoms with Crippen molar-refractivity contribution in [2.45, 2.75) is 24.0 Å². The van der Waals surface area contributed by atoms with E-state index >= 15 is 0 Å². The summed E-state index contributed by atoms with van der Waals surface area (Å²) in [6.07, 6.45) is -0.785. The van der Waals surface area contributed by atoms with Gasteiger partial charge in [0.1, 0.15) is 11.9 Å². The third-order valence-electron chi connectivity index (χ3n) is 5.79. The van der Waals surface area contributed by atoms with E-state index in [1.807, 2.05) is 6.92 Å². The molecule has 8 nitrogen and oxygen atoms in total. The highest BCUT2D eigenvalue weighted by Crippen LogP contribution is 2.39. The van der Waals surface area contributed by atoms with Gasteiger partial charge in [0.15, 0.2) is 0 Å². The molecule has 2 saturated heterocycles. The molecule has 4 rings (SSSR count). The van der Waals surface area contributed by atoms with E-state index in [0.717, 1.165) is 0 Å². The van der Waals surface area contributed by atoms with Crippen LogP contribution in [0.15, 0.2) is 53.4 Å². The van der Waals surface area contributed by atoms with Crippen LogP contribution in [0.5, 0.6) is 5.75 Å². The molecule has 172 valence electrons. The topological polar surface area (TPSA) is 79.4 Å². The maximum atomic E-state index is 13.6. The van der Waals surface area contributed by atoms with Crippen LogP contribution in [0.3, 0.4) is 0 Å². The van der Waals surface area contributed by atoms with E-state index in [1.54, 1.807) is 53.3 Å². The summed E-state index contributed by atoms with van der Waals surface area (Å²) in [7, 11) is -2.32. The molecule has 0 saturated carbocycles. The molecule has 2 unspecified atom stereocenters. The van der Waals surface area contributed by atoms with Crippen LogP contribution in [0.1, 0.15) is 18.7 Å².